The van der Waals surface area contributed by atoms with E-state index in [9.17, 15) is 13.2 Å². The molecule has 1 aromatic heterocycles. The first-order valence-electron chi connectivity index (χ1n) is 10.5. The Hall–Kier alpha value is -3.69. The average molecular weight is 446 g/mol. The second-order valence-electron chi connectivity index (χ2n) is 7.64. The fourth-order valence-corrected chi connectivity index (χ4v) is 3.43. The number of ether oxygens (including phenoxy) is 1. The first-order valence-corrected chi connectivity index (χ1v) is 10.5. The average Bonchev–Trinajstić information content (AvgIpc) is 2.81. The summed E-state index contributed by atoms with van der Waals surface area (Å²) in [4.78, 5) is 8.60. The number of fused-ring (bicyclic) bond motifs is 1. The Morgan fingerprint density at radius 3 is 2.18 bits per heavy atom. The van der Waals surface area contributed by atoms with Gasteiger partial charge in [-0.1, -0.05) is 24.0 Å². The lowest BCUT2D eigenvalue weighted by Gasteiger charge is -2.05. The van der Waals surface area contributed by atoms with Gasteiger partial charge in [0.05, 0.1) is 12.2 Å². The minimum Gasteiger partial charge on any atom is -0.384 e. The van der Waals surface area contributed by atoms with Gasteiger partial charge in [0, 0.05) is 31.5 Å². The molecule has 4 rings (SSSR count). The van der Waals surface area contributed by atoms with Crippen molar-refractivity contribution in [1.82, 2.24) is 9.97 Å². The summed E-state index contributed by atoms with van der Waals surface area (Å²) in [6.45, 7) is 0.595. The van der Waals surface area contributed by atoms with Crippen molar-refractivity contribution < 1.29 is 17.9 Å². The number of aryl methyl sites for hydroxylation is 2. The topological polar surface area (TPSA) is 35.0 Å². The van der Waals surface area contributed by atoms with E-state index in [2.05, 4.69) is 21.8 Å². The molecule has 33 heavy (non-hydrogen) atoms. The fraction of sp³-hybridized carbons (Fsp3) is 0.185. The van der Waals surface area contributed by atoms with Crippen molar-refractivity contribution in [2.24, 2.45) is 0 Å². The Morgan fingerprint density at radius 1 is 0.758 bits per heavy atom. The van der Waals surface area contributed by atoms with Crippen LogP contribution in [0.15, 0.2) is 60.9 Å². The molecule has 3 nitrogen and oxygen atoms in total. The van der Waals surface area contributed by atoms with Gasteiger partial charge >= 0.3 is 0 Å². The summed E-state index contributed by atoms with van der Waals surface area (Å²) in [5.41, 5.74) is 1.79. The van der Waals surface area contributed by atoms with E-state index in [1.165, 1.54) is 24.3 Å². The number of benzene rings is 3. The van der Waals surface area contributed by atoms with E-state index < -0.39 is 11.6 Å². The van der Waals surface area contributed by atoms with Crippen LogP contribution in [-0.2, 0) is 24.0 Å². The van der Waals surface area contributed by atoms with Crippen LogP contribution in [0.2, 0.25) is 0 Å². The minimum atomic E-state index is -0.712. The van der Waals surface area contributed by atoms with Crippen molar-refractivity contribution in [1.29, 1.82) is 0 Å². The van der Waals surface area contributed by atoms with Crippen LogP contribution in [0.5, 0.6) is 0 Å². The molecule has 0 saturated heterocycles. The molecule has 166 valence electrons. The highest BCUT2D eigenvalue weighted by Gasteiger charge is 2.10. The van der Waals surface area contributed by atoms with Crippen LogP contribution < -0.4 is 0 Å². The largest absolute Gasteiger partial charge is 0.384 e. The molecule has 0 aliphatic heterocycles. The molecule has 0 N–H and O–H groups in total. The SMILES string of the molecule is COCCc1cnc(CCc2cc(F)c(C#Cc3ccc4cc(F)ccc4c3)c(F)c2)nc1. The van der Waals surface area contributed by atoms with Crippen molar-refractivity contribution in [3.63, 3.8) is 0 Å². The molecule has 0 saturated carbocycles. The summed E-state index contributed by atoms with van der Waals surface area (Å²) in [5.74, 6) is 4.24. The Labute approximate surface area is 190 Å². The highest BCUT2D eigenvalue weighted by Crippen LogP contribution is 2.19. The Balaban J connectivity index is 1.46. The number of rotatable bonds is 6. The Kier molecular flexibility index (Phi) is 7.01. The fourth-order valence-electron chi connectivity index (χ4n) is 3.43. The quantitative estimate of drug-likeness (QED) is 0.371. The number of halogens is 3. The van der Waals surface area contributed by atoms with E-state index in [1.54, 1.807) is 43.8 Å². The zero-order valence-corrected chi connectivity index (χ0v) is 18.0. The lowest BCUT2D eigenvalue weighted by Crippen LogP contribution is -2.02. The van der Waals surface area contributed by atoms with Crippen LogP contribution >= 0.6 is 0 Å². The standard InChI is InChI=1S/C27H21F3N2O/c1-33-11-10-20-16-31-27(32-17-20)9-4-19-13-25(29)24(26(30)14-19)8-3-18-2-5-22-15-23(28)7-6-21(22)12-18/h2,5-7,12-17H,4,9-11H2,1H3. The third-order valence-corrected chi connectivity index (χ3v) is 5.23. The highest BCUT2D eigenvalue weighted by molar-refractivity contribution is 5.84. The van der Waals surface area contributed by atoms with E-state index >= 15 is 0 Å². The molecule has 0 amide bonds. The van der Waals surface area contributed by atoms with Gasteiger partial charge in [-0.2, -0.15) is 0 Å². The molecule has 0 spiro atoms. The zero-order valence-electron chi connectivity index (χ0n) is 18.0. The van der Waals surface area contributed by atoms with Crippen LogP contribution in [0.25, 0.3) is 10.8 Å². The van der Waals surface area contributed by atoms with Gasteiger partial charge in [0.15, 0.2) is 0 Å². The summed E-state index contributed by atoms with van der Waals surface area (Å²) in [6, 6.07) is 12.2. The number of methoxy groups -OCH3 is 1. The second-order valence-corrected chi connectivity index (χ2v) is 7.64. The number of nitrogens with zero attached hydrogens (tertiary/aromatic N) is 2. The molecule has 0 unspecified atom stereocenters. The van der Waals surface area contributed by atoms with Crippen molar-refractivity contribution in [3.8, 4) is 11.8 Å². The van der Waals surface area contributed by atoms with E-state index in [4.69, 9.17) is 4.74 Å². The molecule has 4 aromatic rings. The van der Waals surface area contributed by atoms with Crippen molar-refractivity contribution in [3.05, 3.63) is 106 Å². The molecule has 0 aliphatic rings. The van der Waals surface area contributed by atoms with E-state index in [-0.39, 0.29) is 11.4 Å². The van der Waals surface area contributed by atoms with E-state index in [0.29, 0.717) is 36.4 Å². The molecule has 0 radical (unpaired) electrons. The summed E-state index contributed by atoms with van der Waals surface area (Å²) >= 11 is 0. The van der Waals surface area contributed by atoms with E-state index in [1.807, 2.05) is 0 Å². The van der Waals surface area contributed by atoms with Gasteiger partial charge in [-0.05, 0) is 71.1 Å². The Bertz CT molecular complexity index is 1320. The number of hydrogen-bond acceptors (Lipinski definition) is 3. The molecule has 3 aromatic carbocycles. The molecule has 0 bridgehead atoms. The lowest BCUT2D eigenvalue weighted by molar-refractivity contribution is 0.202. The molecule has 0 aliphatic carbocycles. The van der Waals surface area contributed by atoms with Crippen molar-refractivity contribution in [2.45, 2.75) is 19.3 Å². The third kappa shape index (κ3) is 5.76. The smallest absolute Gasteiger partial charge is 0.142 e. The predicted molar refractivity (Wildman–Crippen MR) is 121 cm³/mol. The number of hydrogen-bond donors (Lipinski definition) is 0. The third-order valence-electron chi connectivity index (χ3n) is 5.23. The van der Waals surface area contributed by atoms with Gasteiger partial charge in [-0.3, -0.25) is 0 Å². The van der Waals surface area contributed by atoms with Gasteiger partial charge < -0.3 is 4.74 Å². The lowest BCUT2D eigenvalue weighted by atomic mass is 10.0. The van der Waals surface area contributed by atoms with Gasteiger partial charge in [-0.15, -0.1) is 0 Å². The molecule has 0 atom stereocenters. The van der Waals surface area contributed by atoms with E-state index in [0.717, 1.165) is 22.8 Å². The van der Waals surface area contributed by atoms with Crippen LogP contribution in [0.1, 0.15) is 28.1 Å². The summed E-state index contributed by atoms with van der Waals surface area (Å²) in [5, 5.41) is 1.53. The maximum absolute atomic E-state index is 14.6. The first-order chi connectivity index (χ1) is 16.0. The van der Waals surface area contributed by atoms with Gasteiger partial charge in [0.2, 0.25) is 0 Å². The van der Waals surface area contributed by atoms with Crippen LogP contribution in [0.3, 0.4) is 0 Å². The van der Waals surface area contributed by atoms with Crippen LogP contribution in [0, 0.1) is 29.3 Å². The van der Waals surface area contributed by atoms with Gasteiger partial charge in [0.25, 0.3) is 0 Å². The highest BCUT2D eigenvalue weighted by atomic mass is 19.1. The molecule has 6 heteroatoms. The maximum atomic E-state index is 14.6. The maximum Gasteiger partial charge on any atom is 0.142 e. The Morgan fingerprint density at radius 2 is 1.45 bits per heavy atom. The minimum absolute atomic E-state index is 0.281. The second kappa shape index (κ2) is 10.3. The zero-order chi connectivity index (χ0) is 23.2. The van der Waals surface area contributed by atoms with Gasteiger partial charge in [-0.25, -0.2) is 23.1 Å². The number of aromatic nitrogens is 2. The van der Waals surface area contributed by atoms with Crippen molar-refractivity contribution in [2.75, 3.05) is 13.7 Å². The monoisotopic (exact) mass is 446 g/mol. The predicted octanol–water partition coefficient (Wildman–Crippen LogP) is 5.42. The summed E-state index contributed by atoms with van der Waals surface area (Å²) in [7, 11) is 1.64. The molecule has 1 heterocycles. The molecular formula is C27H21F3N2O. The first kappa shape index (κ1) is 22.5. The van der Waals surface area contributed by atoms with Crippen LogP contribution in [0.4, 0.5) is 13.2 Å². The van der Waals surface area contributed by atoms with Crippen molar-refractivity contribution >= 4 is 10.8 Å². The van der Waals surface area contributed by atoms with Gasteiger partial charge in [0.1, 0.15) is 23.3 Å². The summed E-state index contributed by atoms with van der Waals surface area (Å²) in [6.07, 6.45) is 5.08. The van der Waals surface area contributed by atoms with Crippen LogP contribution in [-0.4, -0.2) is 23.7 Å². The molecule has 0 fully saturated rings. The summed E-state index contributed by atoms with van der Waals surface area (Å²) < 4.78 is 47.5. The normalized spacial score (nSPS) is 10.8. The molecular weight excluding hydrogens is 425 g/mol.